The van der Waals surface area contributed by atoms with E-state index >= 15 is 0 Å². The van der Waals surface area contributed by atoms with Gasteiger partial charge >= 0.3 is 0 Å². The van der Waals surface area contributed by atoms with Gasteiger partial charge in [-0.1, -0.05) is 19.3 Å². The third-order valence-electron chi connectivity index (χ3n) is 4.17. The summed E-state index contributed by atoms with van der Waals surface area (Å²) in [5.41, 5.74) is 5.43. The molecule has 3 N–H and O–H groups in total. The largest absolute Gasteiger partial charge is 0.381 e. The van der Waals surface area contributed by atoms with E-state index in [2.05, 4.69) is 4.72 Å². The molecule has 1 heterocycles. The molecule has 106 valence electrons. The maximum atomic E-state index is 12.4. The topological polar surface area (TPSA) is 81.4 Å². The minimum Gasteiger partial charge on any atom is -0.381 e. The third kappa shape index (κ3) is 3.23. The van der Waals surface area contributed by atoms with Crippen molar-refractivity contribution >= 4 is 10.0 Å². The molecule has 1 saturated heterocycles. The maximum Gasteiger partial charge on any atom is 0.215 e. The summed E-state index contributed by atoms with van der Waals surface area (Å²) < 4.78 is 32.9. The minimum absolute atomic E-state index is 0.309. The van der Waals surface area contributed by atoms with E-state index in [-0.39, 0.29) is 5.25 Å². The molecule has 0 radical (unpaired) electrons. The molecule has 0 unspecified atom stereocenters. The smallest absolute Gasteiger partial charge is 0.215 e. The zero-order valence-corrected chi connectivity index (χ0v) is 11.7. The second-order valence-electron chi connectivity index (χ2n) is 5.50. The Morgan fingerprint density at radius 2 is 1.78 bits per heavy atom. The van der Waals surface area contributed by atoms with Crippen molar-refractivity contribution in [3.05, 3.63) is 0 Å². The fraction of sp³-hybridized carbons (Fsp3) is 1.00. The zero-order valence-electron chi connectivity index (χ0n) is 10.9. The van der Waals surface area contributed by atoms with Gasteiger partial charge < -0.3 is 10.5 Å². The molecule has 18 heavy (non-hydrogen) atoms. The van der Waals surface area contributed by atoms with Gasteiger partial charge in [0.05, 0.1) is 5.25 Å². The van der Waals surface area contributed by atoms with Crippen molar-refractivity contribution in [2.24, 2.45) is 5.73 Å². The Labute approximate surface area is 110 Å². The number of rotatable bonds is 4. The highest BCUT2D eigenvalue weighted by molar-refractivity contribution is 7.90. The van der Waals surface area contributed by atoms with Gasteiger partial charge in [0.15, 0.2) is 0 Å². The average Bonchev–Trinajstić information content (AvgIpc) is 2.40. The molecule has 1 aliphatic heterocycles. The lowest BCUT2D eigenvalue weighted by molar-refractivity contribution is 0.0977. The van der Waals surface area contributed by atoms with Crippen molar-refractivity contribution < 1.29 is 13.2 Å². The summed E-state index contributed by atoms with van der Waals surface area (Å²) in [7, 11) is -3.26. The first-order valence-electron chi connectivity index (χ1n) is 6.89. The molecule has 0 aromatic carbocycles. The monoisotopic (exact) mass is 276 g/mol. The molecule has 1 saturated carbocycles. The summed E-state index contributed by atoms with van der Waals surface area (Å²) in [4.78, 5) is 0. The van der Waals surface area contributed by atoms with E-state index in [1.165, 1.54) is 6.42 Å². The Bertz CT molecular complexity index is 358. The van der Waals surface area contributed by atoms with Crippen LogP contribution < -0.4 is 10.5 Å². The Kier molecular flexibility index (Phi) is 4.64. The van der Waals surface area contributed by atoms with Crippen LogP contribution in [0.2, 0.25) is 0 Å². The number of nitrogens with one attached hydrogen (secondary N) is 1. The lowest BCUT2D eigenvalue weighted by Crippen LogP contribution is -2.57. The third-order valence-corrected chi connectivity index (χ3v) is 6.23. The van der Waals surface area contributed by atoms with Crippen LogP contribution in [0.1, 0.15) is 44.9 Å². The summed E-state index contributed by atoms with van der Waals surface area (Å²) in [5.74, 6) is 0. The molecule has 0 aromatic rings. The first-order chi connectivity index (χ1) is 8.58. The van der Waals surface area contributed by atoms with E-state index in [9.17, 15) is 8.42 Å². The second-order valence-corrected chi connectivity index (χ2v) is 7.46. The van der Waals surface area contributed by atoms with Crippen LogP contribution in [-0.2, 0) is 14.8 Å². The van der Waals surface area contributed by atoms with Gasteiger partial charge in [0.25, 0.3) is 0 Å². The maximum absolute atomic E-state index is 12.4. The Hall–Kier alpha value is -0.170. The van der Waals surface area contributed by atoms with Crippen molar-refractivity contribution in [2.45, 2.75) is 55.7 Å². The second kappa shape index (κ2) is 5.86. The van der Waals surface area contributed by atoms with Crippen molar-refractivity contribution in [1.82, 2.24) is 4.72 Å². The first kappa shape index (κ1) is 14.2. The van der Waals surface area contributed by atoms with Gasteiger partial charge in [-0.2, -0.15) is 0 Å². The summed E-state index contributed by atoms with van der Waals surface area (Å²) in [6.45, 7) is 1.48. The fourth-order valence-corrected chi connectivity index (χ4v) is 4.82. The number of ether oxygens (including phenoxy) is 1. The van der Waals surface area contributed by atoms with Crippen LogP contribution >= 0.6 is 0 Å². The van der Waals surface area contributed by atoms with Crippen LogP contribution in [0.25, 0.3) is 0 Å². The number of hydrogen-bond donors (Lipinski definition) is 2. The quantitative estimate of drug-likeness (QED) is 0.794. The molecule has 0 aromatic heterocycles. The van der Waals surface area contributed by atoms with Gasteiger partial charge in [-0.15, -0.1) is 0 Å². The van der Waals surface area contributed by atoms with E-state index in [0.717, 1.165) is 25.7 Å². The predicted octanol–water partition coefficient (Wildman–Crippen LogP) is 0.746. The molecule has 6 heteroatoms. The average molecular weight is 276 g/mol. The molecule has 0 bridgehead atoms. The van der Waals surface area contributed by atoms with Crippen LogP contribution in [0, 0.1) is 0 Å². The van der Waals surface area contributed by atoms with Gasteiger partial charge in [-0.25, -0.2) is 13.1 Å². The summed E-state index contributed by atoms with van der Waals surface area (Å²) in [6.07, 6.45) is 6.23. The van der Waals surface area contributed by atoms with E-state index in [0.29, 0.717) is 32.6 Å². The SMILES string of the molecule is NCC1(NS(=O)(=O)C2CCOCC2)CCCCC1. The van der Waals surface area contributed by atoms with Gasteiger partial charge in [-0.05, 0) is 25.7 Å². The van der Waals surface area contributed by atoms with E-state index < -0.39 is 15.6 Å². The summed E-state index contributed by atoms with van der Waals surface area (Å²) in [5, 5.41) is -0.309. The van der Waals surface area contributed by atoms with Crippen LogP contribution in [0.4, 0.5) is 0 Å². The molecule has 2 aliphatic rings. The lowest BCUT2D eigenvalue weighted by atomic mass is 9.83. The van der Waals surface area contributed by atoms with Gasteiger partial charge in [0.1, 0.15) is 0 Å². The van der Waals surface area contributed by atoms with Crippen molar-refractivity contribution in [2.75, 3.05) is 19.8 Å². The molecule has 5 nitrogen and oxygen atoms in total. The lowest BCUT2D eigenvalue weighted by Gasteiger charge is -2.38. The first-order valence-corrected chi connectivity index (χ1v) is 8.43. The predicted molar refractivity (Wildman–Crippen MR) is 70.8 cm³/mol. The normalized spacial score (nSPS) is 26.1. The number of hydrogen-bond acceptors (Lipinski definition) is 4. The van der Waals surface area contributed by atoms with E-state index in [4.69, 9.17) is 10.5 Å². The molecule has 2 rings (SSSR count). The molecule has 1 aliphatic carbocycles. The highest BCUT2D eigenvalue weighted by atomic mass is 32.2. The Morgan fingerprint density at radius 3 is 2.33 bits per heavy atom. The summed E-state index contributed by atoms with van der Waals surface area (Å²) in [6, 6.07) is 0. The van der Waals surface area contributed by atoms with E-state index in [1.807, 2.05) is 0 Å². The molecule has 0 spiro atoms. The standard InChI is InChI=1S/C12H24N2O3S/c13-10-12(6-2-1-3-7-12)14-18(15,16)11-4-8-17-9-5-11/h11,14H,1-10,13H2. The van der Waals surface area contributed by atoms with Crippen LogP contribution in [0.3, 0.4) is 0 Å². The Morgan fingerprint density at radius 1 is 1.17 bits per heavy atom. The summed E-state index contributed by atoms with van der Waals surface area (Å²) >= 11 is 0. The van der Waals surface area contributed by atoms with Crippen LogP contribution in [0.15, 0.2) is 0 Å². The van der Waals surface area contributed by atoms with Gasteiger partial charge in [-0.3, -0.25) is 0 Å². The molecular weight excluding hydrogens is 252 g/mol. The Balaban J connectivity index is 2.05. The van der Waals surface area contributed by atoms with Gasteiger partial charge in [0.2, 0.25) is 10.0 Å². The van der Waals surface area contributed by atoms with Crippen LogP contribution in [0.5, 0.6) is 0 Å². The molecule has 0 atom stereocenters. The fourth-order valence-electron chi connectivity index (χ4n) is 2.95. The highest BCUT2D eigenvalue weighted by Crippen LogP contribution is 2.29. The number of nitrogens with two attached hydrogens (primary N) is 1. The molecule has 2 fully saturated rings. The van der Waals surface area contributed by atoms with E-state index in [1.54, 1.807) is 0 Å². The van der Waals surface area contributed by atoms with Gasteiger partial charge in [0, 0.05) is 25.3 Å². The van der Waals surface area contributed by atoms with Crippen molar-refractivity contribution in [3.63, 3.8) is 0 Å². The van der Waals surface area contributed by atoms with Crippen molar-refractivity contribution in [1.29, 1.82) is 0 Å². The highest BCUT2D eigenvalue weighted by Gasteiger charge is 2.38. The zero-order chi connectivity index (χ0) is 13.1. The van der Waals surface area contributed by atoms with Crippen LogP contribution in [-0.4, -0.2) is 39.0 Å². The minimum atomic E-state index is -3.26. The molecule has 0 amide bonds. The number of sulfonamides is 1. The molecular formula is C12H24N2O3S. The van der Waals surface area contributed by atoms with Crippen molar-refractivity contribution in [3.8, 4) is 0 Å².